The number of esters is 1. The standard InChI is InChI=1S/C40H53N3O13S4/c1-7-56-38(44)29-41(6)59(51,52)30-19-21-34-32(27-30)39(2,3)36(42(34)23-13-15-25-57(45,46)47)17-11-9-8-10-12-18-37-40(4,5)33-28-31(60(53,54)55)20-22-35(33)43(37)24-14-16-26-58(48,49)50/h8-12,17-22,27-28H,7,13-16,23-26,29H2,1-6H3,(H2-,45,46,47,48,49,50,53,54,55)/p+1. The molecule has 0 amide bonds. The van der Waals surface area contributed by atoms with Gasteiger partial charge in [0.15, 0.2) is 5.71 Å². The van der Waals surface area contributed by atoms with Gasteiger partial charge in [0.1, 0.15) is 13.1 Å². The van der Waals surface area contributed by atoms with Crippen LogP contribution >= 0.6 is 0 Å². The summed E-state index contributed by atoms with van der Waals surface area (Å²) in [5.74, 6) is -1.48. The van der Waals surface area contributed by atoms with E-state index >= 15 is 0 Å². The van der Waals surface area contributed by atoms with Gasteiger partial charge in [0.05, 0.1) is 33.3 Å². The van der Waals surface area contributed by atoms with Gasteiger partial charge in [-0.05, 0) is 82.0 Å². The summed E-state index contributed by atoms with van der Waals surface area (Å²) in [7, 11) is -15.6. The number of rotatable bonds is 20. The van der Waals surface area contributed by atoms with E-state index in [1.165, 1.54) is 25.2 Å². The number of allylic oxidation sites excluding steroid dienone is 8. The van der Waals surface area contributed by atoms with Gasteiger partial charge in [-0.1, -0.05) is 44.2 Å². The van der Waals surface area contributed by atoms with E-state index in [1.54, 1.807) is 49.4 Å². The number of nitrogens with zero attached hydrogens (tertiary/aromatic N) is 3. The predicted molar refractivity (Wildman–Crippen MR) is 229 cm³/mol. The largest absolute Gasteiger partial charge is 0.465 e. The maximum Gasteiger partial charge on any atom is 0.321 e. The lowest BCUT2D eigenvalue weighted by Gasteiger charge is -2.27. The van der Waals surface area contributed by atoms with Crippen molar-refractivity contribution < 1.29 is 61.4 Å². The maximum atomic E-state index is 13.5. The molecule has 0 aliphatic carbocycles. The molecule has 0 atom stereocenters. The van der Waals surface area contributed by atoms with E-state index in [2.05, 4.69) is 0 Å². The smallest absolute Gasteiger partial charge is 0.321 e. The van der Waals surface area contributed by atoms with Crippen molar-refractivity contribution in [2.75, 3.05) is 49.7 Å². The molecule has 0 saturated carbocycles. The van der Waals surface area contributed by atoms with Gasteiger partial charge in [-0.15, -0.1) is 0 Å². The highest BCUT2D eigenvalue weighted by Crippen LogP contribution is 2.48. The van der Waals surface area contributed by atoms with E-state index in [1.807, 2.05) is 55.4 Å². The van der Waals surface area contributed by atoms with Gasteiger partial charge in [-0.25, -0.2) is 8.42 Å². The topological polar surface area (TPSA) is 233 Å². The van der Waals surface area contributed by atoms with E-state index in [9.17, 15) is 52.1 Å². The Morgan fingerprint density at radius 1 is 0.767 bits per heavy atom. The van der Waals surface area contributed by atoms with Gasteiger partial charge >= 0.3 is 5.97 Å². The lowest BCUT2D eigenvalue weighted by atomic mass is 9.81. The normalized spacial score (nSPS) is 17.5. The first-order valence-electron chi connectivity index (χ1n) is 19.2. The lowest BCUT2D eigenvalue weighted by Crippen LogP contribution is -2.33. The molecule has 0 unspecified atom stereocenters. The maximum absolute atomic E-state index is 13.5. The van der Waals surface area contributed by atoms with Crippen molar-refractivity contribution in [2.45, 2.75) is 80.9 Å². The molecular weight excluding hydrogens is 859 g/mol. The monoisotopic (exact) mass is 912 g/mol. The van der Waals surface area contributed by atoms with Crippen LogP contribution in [0.4, 0.5) is 11.4 Å². The molecule has 330 valence electrons. The zero-order valence-corrected chi connectivity index (χ0v) is 37.7. The summed E-state index contributed by atoms with van der Waals surface area (Å²) >= 11 is 0. The molecule has 0 spiro atoms. The van der Waals surface area contributed by atoms with Crippen LogP contribution in [0.15, 0.2) is 94.4 Å². The third-order valence-corrected chi connectivity index (χ3v) is 14.7. The Balaban J connectivity index is 1.62. The zero-order valence-electron chi connectivity index (χ0n) is 34.5. The average Bonchev–Trinajstić information content (AvgIpc) is 3.47. The molecule has 2 aliphatic rings. The minimum Gasteiger partial charge on any atom is -0.465 e. The van der Waals surface area contributed by atoms with Crippen LogP contribution in [-0.2, 0) is 60.7 Å². The fourth-order valence-electron chi connectivity index (χ4n) is 7.36. The molecule has 0 bridgehead atoms. The third-order valence-electron chi connectivity index (χ3n) is 10.4. The van der Waals surface area contributed by atoms with Gasteiger partial charge in [-0.2, -0.15) is 34.1 Å². The van der Waals surface area contributed by atoms with Crippen LogP contribution in [0, 0.1) is 0 Å². The molecule has 0 aromatic heterocycles. The summed E-state index contributed by atoms with van der Waals surface area (Å²) in [6.07, 6.45) is 13.9. The highest BCUT2D eigenvalue weighted by atomic mass is 32.2. The average molecular weight is 913 g/mol. The molecule has 2 aliphatic heterocycles. The van der Waals surface area contributed by atoms with E-state index in [4.69, 9.17) is 4.74 Å². The first-order chi connectivity index (χ1) is 27.7. The fraction of sp³-hybridized carbons (Fsp3) is 0.450. The van der Waals surface area contributed by atoms with E-state index in [0.29, 0.717) is 42.7 Å². The molecule has 0 fully saturated rings. The van der Waals surface area contributed by atoms with E-state index in [0.717, 1.165) is 21.4 Å². The summed E-state index contributed by atoms with van der Waals surface area (Å²) in [4.78, 5) is 13.8. The van der Waals surface area contributed by atoms with Gasteiger partial charge in [-0.3, -0.25) is 18.5 Å². The first-order valence-corrected chi connectivity index (χ1v) is 25.2. The minimum atomic E-state index is -4.48. The van der Waals surface area contributed by atoms with Gasteiger partial charge in [0, 0.05) is 54.5 Å². The van der Waals surface area contributed by atoms with Gasteiger partial charge in [0.25, 0.3) is 30.4 Å². The molecule has 16 nitrogen and oxygen atoms in total. The first kappa shape index (κ1) is 48.6. The Labute approximate surface area is 353 Å². The van der Waals surface area contributed by atoms with Crippen molar-refractivity contribution in [3.63, 3.8) is 0 Å². The van der Waals surface area contributed by atoms with Crippen molar-refractivity contribution in [3.05, 3.63) is 95.8 Å². The van der Waals surface area contributed by atoms with Crippen LogP contribution in [0.25, 0.3) is 0 Å². The number of carbonyl (C=O) groups is 1. The summed E-state index contributed by atoms with van der Waals surface area (Å²) in [5.41, 5.74) is 2.92. The second-order valence-corrected chi connectivity index (χ2v) is 22.1. The molecule has 2 aromatic carbocycles. The highest BCUT2D eigenvalue weighted by molar-refractivity contribution is 7.89. The molecule has 3 N–H and O–H groups in total. The third kappa shape index (κ3) is 11.9. The molecule has 2 heterocycles. The molecular formula is C40H54N3O13S4+. The molecule has 0 radical (unpaired) electrons. The van der Waals surface area contributed by atoms with E-state index in [-0.39, 0.29) is 29.2 Å². The number of hydrogen-bond donors (Lipinski definition) is 3. The number of fused-ring (bicyclic) bond motifs is 2. The number of sulfonamides is 1. The number of ether oxygens (including phenoxy) is 1. The Kier molecular flexibility index (Phi) is 15.4. The summed E-state index contributed by atoms with van der Waals surface area (Å²) < 4.78 is 132. The number of hydrogen-bond acceptors (Lipinski definition) is 11. The van der Waals surface area contributed by atoms with Crippen LogP contribution in [0.3, 0.4) is 0 Å². The molecule has 60 heavy (non-hydrogen) atoms. The highest BCUT2D eigenvalue weighted by Gasteiger charge is 2.45. The van der Waals surface area contributed by atoms with Gasteiger partial charge in [0.2, 0.25) is 15.7 Å². The second-order valence-electron chi connectivity index (χ2n) is 15.5. The van der Waals surface area contributed by atoms with Gasteiger partial charge < -0.3 is 9.64 Å². The molecule has 4 rings (SSSR count). The SMILES string of the molecule is CCOC(=O)CN(C)S(=O)(=O)c1ccc2c(c1)C(C)(C)C(/C=C/C=C/C=C/C=C1/N(CCCCS(=O)(=O)O)c3ccc(S(=O)(=O)O)cc3C1(C)C)=[N+]2CCCCS(=O)(=O)O. The van der Waals surface area contributed by atoms with Crippen LogP contribution in [0.2, 0.25) is 0 Å². The number of anilines is 1. The molecule has 2 aromatic rings. The summed E-state index contributed by atoms with van der Waals surface area (Å²) in [6.45, 7) is 9.70. The van der Waals surface area contributed by atoms with Crippen LogP contribution in [-0.4, -0.2) is 113 Å². The summed E-state index contributed by atoms with van der Waals surface area (Å²) in [5, 5.41) is 0. The van der Waals surface area contributed by atoms with Crippen molar-refractivity contribution >= 4 is 63.4 Å². The number of carbonyl (C=O) groups excluding carboxylic acids is 1. The van der Waals surface area contributed by atoms with Crippen LogP contribution < -0.4 is 4.90 Å². The Morgan fingerprint density at radius 2 is 1.35 bits per heavy atom. The predicted octanol–water partition coefficient (Wildman–Crippen LogP) is 5.18. The fourth-order valence-corrected chi connectivity index (χ4v) is 10.1. The number of likely N-dealkylation sites (N-methyl/N-ethyl adjacent to an activating group) is 1. The second kappa shape index (κ2) is 18.9. The lowest BCUT2D eigenvalue weighted by molar-refractivity contribution is -0.438. The van der Waals surface area contributed by atoms with Crippen molar-refractivity contribution in [3.8, 4) is 0 Å². The Hall–Kier alpha value is -4.02. The van der Waals surface area contributed by atoms with Crippen molar-refractivity contribution in [1.82, 2.24) is 4.31 Å². The quantitative estimate of drug-likeness (QED) is 0.0511. The Bertz CT molecular complexity index is 2570. The molecule has 20 heteroatoms. The van der Waals surface area contributed by atoms with Crippen LogP contribution in [0.5, 0.6) is 0 Å². The van der Waals surface area contributed by atoms with Crippen LogP contribution in [0.1, 0.15) is 71.4 Å². The number of benzene rings is 2. The van der Waals surface area contributed by atoms with Crippen molar-refractivity contribution in [2.24, 2.45) is 0 Å². The van der Waals surface area contributed by atoms with Crippen molar-refractivity contribution in [1.29, 1.82) is 0 Å². The summed E-state index contributed by atoms with van der Waals surface area (Å²) in [6, 6.07) is 9.05. The minimum absolute atomic E-state index is 0.0130. The van der Waals surface area contributed by atoms with E-state index < -0.39 is 75.2 Å². The number of unbranched alkanes of at least 4 members (excludes halogenated alkanes) is 2. The molecule has 0 saturated heterocycles. The zero-order chi connectivity index (χ0) is 44.9. The Morgan fingerprint density at radius 3 is 1.97 bits per heavy atom.